The third-order valence-corrected chi connectivity index (χ3v) is 10.3. The number of aromatic amines is 1. The quantitative estimate of drug-likeness (QED) is 0.295. The van der Waals surface area contributed by atoms with Gasteiger partial charge in [-0.15, -0.1) is 0 Å². The maximum Gasteiger partial charge on any atom is 0.291 e. The van der Waals surface area contributed by atoms with Crippen molar-refractivity contribution in [2.24, 2.45) is 5.92 Å². The number of nitrogens with zero attached hydrogens (tertiary/aromatic N) is 6. The molecule has 46 heavy (non-hydrogen) atoms. The number of halogens is 2. The van der Waals surface area contributed by atoms with Gasteiger partial charge in [0.15, 0.2) is 11.4 Å². The van der Waals surface area contributed by atoms with Gasteiger partial charge in [-0.2, -0.15) is 14.7 Å². The number of carbonyl (C=O) groups is 2. The molecule has 236 valence electrons. The number of dihydropyridines is 1. The smallest absolute Gasteiger partial charge is 0.291 e. The Morgan fingerprint density at radius 3 is 2.48 bits per heavy atom. The predicted molar refractivity (Wildman–Crippen MR) is 166 cm³/mol. The Labute approximate surface area is 263 Å². The van der Waals surface area contributed by atoms with Crippen molar-refractivity contribution in [3.8, 4) is 0 Å². The van der Waals surface area contributed by atoms with Gasteiger partial charge in [-0.1, -0.05) is 26.0 Å². The second-order valence-electron chi connectivity index (χ2n) is 13.0. The summed E-state index contributed by atoms with van der Waals surface area (Å²) >= 11 is 0. The number of ketones is 1. The van der Waals surface area contributed by atoms with Crippen molar-refractivity contribution in [1.82, 2.24) is 40.0 Å². The Hall–Kier alpha value is -4.94. The number of aromatic nitrogens is 6. The molecule has 2 saturated heterocycles. The van der Waals surface area contributed by atoms with Crippen molar-refractivity contribution < 1.29 is 18.4 Å². The number of hydrogen-bond acceptors (Lipinski definition) is 8. The number of piperidine rings is 1. The van der Waals surface area contributed by atoms with Gasteiger partial charge < -0.3 is 15.5 Å². The van der Waals surface area contributed by atoms with Crippen LogP contribution in [0.2, 0.25) is 0 Å². The van der Waals surface area contributed by atoms with E-state index in [1.165, 1.54) is 24.5 Å². The van der Waals surface area contributed by atoms with E-state index in [1.807, 2.05) is 11.0 Å². The number of benzene rings is 1. The van der Waals surface area contributed by atoms with Gasteiger partial charge in [0.05, 0.1) is 23.0 Å². The fourth-order valence-corrected chi connectivity index (χ4v) is 8.02. The molecule has 1 amide bonds. The van der Waals surface area contributed by atoms with E-state index in [2.05, 4.69) is 44.8 Å². The highest BCUT2D eigenvalue weighted by Crippen LogP contribution is 2.53. The van der Waals surface area contributed by atoms with Gasteiger partial charge >= 0.3 is 0 Å². The Bertz CT molecular complexity index is 1930. The van der Waals surface area contributed by atoms with Crippen molar-refractivity contribution in [1.29, 1.82) is 0 Å². The highest BCUT2D eigenvalue weighted by Gasteiger charge is 2.54. The number of amides is 1. The molecule has 2 unspecified atom stereocenters. The van der Waals surface area contributed by atoms with Crippen LogP contribution in [-0.2, 0) is 5.41 Å². The van der Waals surface area contributed by atoms with Crippen molar-refractivity contribution >= 4 is 34.4 Å². The molecule has 11 nitrogen and oxygen atoms in total. The molecule has 2 bridgehead atoms. The third-order valence-electron chi connectivity index (χ3n) is 10.3. The van der Waals surface area contributed by atoms with Crippen molar-refractivity contribution in [3.05, 3.63) is 82.7 Å². The zero-order chi connectivity index (χ0) is 31.7. The van der Waals surface area contributed by atoms with Gasteiger partial charge in [-0.25, -0.2) is 18.7 Å². The number of Topliss-reactive ketones (excluding diaryl/α,β-unsaturated/α-hetero) is 1. The minimum Gasteiger partial charge on any atom is -0.380 e. The first-order valence-electron chi connectivity index (χ1n) is 15.7. The molecule has 0 saturated carbocycles. The minimum atomic E-state index is -0.637. The number of fused-ring (bicyclic) bond motifs is 5. The number of hydrogen-bond donors (Lipinski definition) is 3. The Kier molecular flexibility index (Phi) is 6.55. The van der Waals surface area contributed by atoms with Gasteiger partial charge in [0.25, 0.3) is 5.91 Å². The summed E-state index contributed by atoms with van der Waals surface area (Å²) in [6, 6.07) is 3.75. The second kappa shape index (κ2) is 10.6. The van der Waals surface area contributed by atoms with E-state index in [9.17, 15) is 18.4 Å². The summed E-state index contributed by atoms with van der Waals surface area (Å²) in [6.07, 6.45) is 9.99. The Balaban J connectivity index is 1.24. The summed E-state index contributed by atoms with van der Waals surface area (Å²) in [4.78, 5) is 38.6. The van der Waals surface area contributed by atoms with Gasteiger partial charge in [-0.3, -0.25) is 14.7 Å². The topological polar surface area (TPSA) is 133 Å². The first kappa shape index (κ1) is 28.5. The molecule has 2 atom stereocenters. The molecule has 13 heteroatoms. The molecule has 0 radical (unpaired) electrons. The molecule has 4 aromatic rings. The lowest BCUT2D eigenvalue weighted by molar-refractivity contribution is 0.0373. The van der Waals surface area contributed by atoms with E-state index in [0.29, 0.717) is 55.1 Å². The number of anilines is 1. The highest BCUT2D eigenvalue weighted by atomic mass is 19.1. The van der Waals surface area contributed by atoms with Crippen LogP contribution in [0.3, 0.4) is 0 Å². The zero-order valence-corrected chi connectivity index (χ0v) is 25.5. The van der Waals surface area contributed by atoms with E-state index < -0.39 is 17.0 Å². The number of nitrogens with one attached hydrogen (secondary N) is 3. The lowest BCUT2D eigenvalue weighted by Gasteiger charge is -2.49. The van der Waals surface area contributed by atoms with Crippen LogP contribution in [0.15, 0.2) is 42.9 Å². The normalized spacial score (nSPS) is 24.0. The molecule has 1 aromatic carbocycles. The summed E-state index contributed by atoms with van der Waals surface area (Å²) in [5.74, 6) is -0.412. The Morgan fingerprint density at radius 1 is 1.07 bits per heavy atom. The lowest BCUT2D eigenvalue weighted by Crippen LogP contribution is -2.54. The van der Waals surface area contributed by atoms with Gasteiger partial charge in [-0.05, 0) is 55.4 Å². The average molecular weight is 626 g/mol. The van der Waals surface area contributed by atoms with Crippen LogP contribution in [0, 0.1) is 17.6 Å². The largest absolute Gasteiger partial charge is 0.380 e. The van der Waals surface area contributed by atoms with Crippen LogP contribution in [0.1, 0.15) is 83.7 Å². The summed E-state index contributed by atoms with van der Waals surface area (Å²) in [7, 11) is 0. The van der Waals surface area contributed by atoms with E-state index in [4.69, 9.17) is 4.98 Å². The van der Waals surface area contributed by atoms with Crippen LogP contribution in [0.25, 0.3) is 16.9 Å². The molecule has 3 aromatic heterocycles. The first-order valence-corrected chi connectivity index (χ1v) is 15.7. The van der Waals surface area contributed by atoms with Gasteiger partial charge in [0, 0.05) is 48.3 Å². The zero-order valence-electron chi connectivity index (χ0n) is 25.5. The second-order valence-corrected chi connectivity index (χ2v) is 13.0. The standard InChI is InChI=1S/C33H33F2N9O2/c1-17(2)33(12-19-7-8-20(13-33)43(19)32(46)29-38-16-39-42-29)28-27-25(45)10-11-36-31(27)44-30(41-28)21(15-40-44)18-6-9-24(37-14-18)26-22(34)4-3-5-23(26)35/h3-6,9,15-17,19-20,36-37H,7-8,10-14H2,1-2H3,(H,38,39,42). The lowest BCUT2D eigenvalue weighted by atomic mass is 9.64. The maximum absolute atomic E-state index is 14.5. The number of carbonyl (C=O) groups excluding carboxylic acids is 2. The summed E-state index contributed by atoms with van der Waals surface area (Å²) < 4.78 is 30.7. The van der Waals surface area contributed by atoms with Crippen LogP contribution >= 0.6 is 0 Å². The van der Waals surface area contributed by atoms with Gasteiger partial charge in [0.2, 0.25) is 5.82 Å². The van der Waals surface area contributed by atoms with E-state index in [1.54, 1.807) is 16.8 Å². The van der Waals surface area contributed by atoms with Crippen molar-refractivity contribution in [2.45, 2.75) is 63.5 Å². The number of rotatable bonds is 5. The monoisotopic (exact) mass is 625 g/mol. The first-order chi connectivity index (χ1) is 22.3. The predicted octanol–water partition coefficient (Wildman–Crippen LogP) is 4.51. The van der Waals surface area contributed by atoms with E-state index in [0.717, 1.165) is 29.7 Å². The van der Waals surface area contributed by atoms with Gasteiger partial charge in [0.1, 0.15) is 23.8 Å². The molecule has 7 heterocycles. The fraction of sp³-hybridized carbons (Fsp3) is 0.394. The molecular weight excluding hydrogens is 592 g/mol. The van der Waals surface area contributed by atoms with Crippen LogP contribution < -0.4 is 10.6 Å². The Morgan fingerprint density at radius 2 is 1.83 bits per heavy atom. The van der Waals surface area contributed by atoms with Crippen LogP contribution in [0.4, 0.5) is 14.6 Å². The molecule has 2 fully saturated rings. The van der Waals surface area contributed by atoms with Crippen molar-refractivity contribution in [2.75, 3.05) is 18.4 Å². The third kappa shape index (κ3) is 4.20. The minimum absolute atomic E-state index is 0.0285. The fourth-order valence-electron chi connectivity index (χ4n) is 8.02. The molecule has 3 N–H and O–H groups in total. The van der Waals surface area contributed by atoms with Crippen LogP contribution in [-0.4, -0.2) is 71.5 Å². The van der Waals surface area contributed by atoms with E-state index in [-0.39, 0.29) is 41.1 Å². The average Bonchev–Trinajstić information content (AvgIpc) is 3.79. The highest BCUT2D eigenvalue weighted by molar-refractivity contribution is 6.04. The summed E-state index contributed by atoms with van der Waals surface area (Å²) in [6.45, 7) is 5.14. The van der Waals surface area contributed by atoms with Crippen molar-refractivity contribution in [3.63, 3.8) is 0 Å². The molecule has 0 spiro atoms. The number of allylic oxidation sites excluding steroid dienone is 2. The molecular formula is C33H33F2N9O2. The molecule has 0 aliphatic carbocycles. The summed E-state index contributed by atoms with van der Waals surface area (Å²) in [5.41, 5.74) is 3.33. The molecule has 4 aliphatic rings. The van der Waals surface area contributed by atoms with Crippen LogP contribution in [0.5, 0.6) is 0 Å². The summed E-state index contributed by atoms with van der Waals surface area (Å²) in [5, 5.41) is 17.9. The number of H-pyrrole nitrogens is 1. The maximum atomic E-state index is 14.5. The molecule has 8 rings (SSSR count). The van der Waals surface area contributed by atoms with E-state index >= 15 is 0 Å². The SMILES string of the molecule is CC(C)C1(c2nc3c(C4=CC=C(c5c(F)cccc5F)NC4)cnn3c3c2C(=O)CCN3)CC2CCC(C1)N2C(=O)c1ncn[nH]1. The molecule has 4 aliphatic heterocycles.